The van der Waals surface area contributed by atoms with E-state index in [1.165, 1.54) is 11.8 Å². The summed E-state index contributed by atoms with van der Waals surface area (Å²) in [6.45, 7) is 3.91. The van der Waals surface area contributed by atoms with Gasteiger partial charge in [0.05, 0.1) is 12.9 Å². The normalized spacial score (nSPS) is 10.8. The predicted octanol–water partition coefficient (Wildman–Crippen LogP) is 5.94. The van der Waals surface area contributed by atoms with Gasteiger partial charge >= 0.3 is 0 Å². The quantitative estimate of drug-likeness (QED) is 0.333. The van der Waals surface area contributed by atoms with E-state index in [1.807, 2.05) is 73.0 Å². The second-order valence-corrected chi connectivity index (χ2v) is 8.81. The lowest BCUT2D eigenvalue weighted by molar-refractivity contribution is -0.113. The third kappa shape index (κ3) is 5.21. The molecule has 0 radical (unpaired) electrons. The number of thioether (sulfide) groups is 1. The van der Waals surface area contributed by atoms with Crippen LogP contribution in [0.5, 0.6) is 5.75 Å². The Bertz CT molecular complexity index is 1290. The summed E-state index contributed by atoms with van der Waals surface area (Å²) in [6, 6.07) is 21.2. The molecular formula is C25H23ClN4O2S. The number of hydrogen-bond donors (Lipinski definition) is 1. The number of hydrogen-bond acceptors (Lipinski definition) is 5. The number of halogens is 1. The van der Waals surface area contributed by atoms with Crippen LogP contribution < -0.4 is 10.1 Å². The minimum atomic E-state index is -0.147. The highest BCUT2D eigenvalue weighted by atomic mass is 35.5. The molecule has 1 amide bonds. The molecule has 0 saturated carbocycles. The smallest absolute Gasteiger partial charge is 0.234 e. The largest absolute Gasteiger partial charge is 0.497 e. The average molecular weight is 479 g/mol. The van der Waals surface area contributed by atoms with Crippen LogP contribution in [0.3, 0.4) is 0 Å². The number of carbonyl (C=O) groups excluding carboxylic acids is 1. The molecule has 168 valence electrons. The Labute approximate surface area is 202 Å². The molecule has 0 aliphatic heterocycles. The molecular weight excluding hydrogens is 456 g/mol. The summed E-state index contributed by atoms with van der Waals surface area (Å²) in [5, 5.41) is 13.0. The molecule has 0 fully saturated rings. The fourth-order valence-electron chi connectivity index (χ4n) is 3.36. The molecule has 1 heterocycles. The summed E-state index contributed by atoms with van der Waals surface area (Å²) in [5.74, 6) is 1.49. The summed E-state index contributed by atoms with van der Waals surface area (Å²) >= 11 is 7.49. The third-order valence-corrected chi connectivity index (χ3v) is 6.45. The molecule has 8 heteroatoms. The zero-order valence-electron chi connectivity index (χ0n) is 18.5. The van der Waals surface area contributed by atoms with Crippen LogP contribution in [0, 0.1) is 13.8 Å². The molecule has 0 saturated heterocycles. The van der Waals surface area contributed by atoms with E-state index in [4.69, 9.17) is 16.3 Å². The van der Waals surface area contributed by atoms with E-state index in [-0.39, 0.29) is 11.7 Å². The van der Waals surface area contributed by atoms with Crippen molar-refractivity contribution in [2.75, 3.05) is 18.2 Å². The predicted molar refractivity (Wildman–Crippen MR) is 134 cm³/mol. The van der Waals surface area contributed by atoms with Crippen molar-refractivity contribution in [3.8, 4) is 22.8 Å². The maximum absolute atomic E-state index is 12.7. The van der Waals surface area contributed by atoms with Crippen molar-refractivity contribution in [3.63, 3.8) is 0 Å². The number of rotatable bonds is 7. The van der Waals surface area contributed by atoms with Gasteiger partial charge in [0.25, 0.3) is 0 Å². The molecule has 1 N–H and O–H groups in total. The summed E-state index contributed by atoms with van der Waals surface area (Å²) in [4.78, 5) is 12.7. The van der Waals surface area contributed by atoms with Crippen molar-refractivity contribution in [2.45, 2.75) is 19.0 Å². The average Bonchev–Trinajstić information content (AvgIpc) is 3.25. The Morgan fingerprint density at radius 3 is 2.55 bits per heavy atom. The number of nitrogens with zero attached hydrogens (tertiary/aromatic N) is 3. The van der Waals surface area contributed by atoms with Gasteiger partial charge in [-0.25, -0.2) is 0 Å². The van der Waals surface area contributed by atoms with E-state index in [0.29, 0.717) is 21.7 Å². The number of aryl methyl sites for hydroxylation is 1. The number of carbonyl (C=O) groups is 1. The first-order valence-electron chi connectivity index (χ1n) is 10.3. The van der Waals surface area contributed by atoms with Crippen LogP contribution in [0.15, 0.2) is 71.9 Å². The van der Waals surface area contributed by atoms with Gasteiger partial charge in [-0.05, 0) is 61.9 Å². The van der Waals surface area contributed by atoms with Gasteiger partial charge in [0, 0.05) is 22.0 Å². The van der Waals surface area contributed by atoms with Crippen LogP contribution >= 0.6 is 23.4 Å². The van der Waals surface area contributed by atoms with Crippen molar-refractivity contribution < 1.29 is 9.53 Å². The Morgan fingerprint density at radius 1 is 1.06 bits per heavy atom. The standard InChI is InChI=1S/C25H23ClN4O2S/c1-16-6-4-7-18(14-16)24-28-29-25(30(24)19-10-12-20(32-3)13-11-19)33-15-23(31)27-22-9-5-8-21(26)17(22)2/h4-14H,15H2,1-3H3,(H,27,31). The highest BCUT2D eigenvalue weighted by molar-refractivity contribution is 7.99. The van der Waals surface area contributed by atoms with E-state index < -0.39 is 0 Å². The Hall–Kier alpha value is -3.29. The minimum Gasteiger partial charge on any atom is -0.497 e. The Balaban J connectivity index is 1.62. The Kier molecular flexibility index (Phi) is 7.01. The van der Waals surface area contributed by atoms with E-state index >= 15 is 0 Å². The first-order valence-corrected chi connectivity index (χ1v) is 11.7. The Morgan fingerprint density at radius 2 is 1.82 bits per heavy atom. The van der Waals surface area contributed by atoms with Crippen LogP contribution in [0.25, 0.3) is 17.1 Å². The van der Waals surface area contributed by atoms with Gasteiger partial charge in [-0.2, -0.15) is 0 Å². The minimum absolute atomic E-state index is 0.147. The number of benzene rings is 3. The van der Waals surface area contributed by atoms with Gasteiger partial charge in [0.15, 0.2) is 11.0 Å². The van der Waals surface area contributed by atoms with E-state index in [2.05, 4.69) is 21.6 Å². The summed E-state index contributed by atoms with van der Waals surface area (Å²) in [7, 11) is 1.63. The molecule has 0 aliphatic carbocycles. The van der Waals surface area contributed by atoms with Crippen LogP contribution in [0.2, 0.25) is 5.02 Å². The number of aromatic nitrogens is 3. The van der Waals surface area contributed by atoms with Gasteiger partial charge in [0.2, 0.25) is 5.91 Å². The zero-order chi connectivity index (χ0) is 23.4. The van der Waals surface area contributed by atoms with E-state index in [0.717, 1.165) is 28.1 Å². The molecule has 4 rings (SSSR count). The summed E-state index contributed by atoms with van der Waals surface area (Å²) in [5.41, 5.74) is 4.49. The summed E-state index contributed by atoms with van der Waals surface area (Å²) < 4.78 is 7.25. The van der Waals surface area contributed by atoms with Crippen molar-refractivity contribution >= 4 is 35.0 Å². The molecule has 0 aliphatic rings. The number of anilines is 1. The molecule has 0 spiro atoms. The van der Waals surface area contributed by atoms with Crippen molar-refractivity contribution in [1.82, 2.24) is 14.8 Å². The van der Waals surface area contributed by atoms with Gasteiger partial charge in [-0.1, -0.05) is 53.2 Å². The van der Waals surface area contributed by atoms with Crippen LogP contribution in [-0.2, 0) is 4.79 Å². The SMILES string of the molecule is COc1ccc(-n2c(SCC(=O)Nc3cccc(Cl)c3C)nnc2-c2cccc(C)c2)cc1. The molecule has 0 atom stereocenters. The number of nitrogens with one attached hydrogen (secondary N) is 1. The maximum Gasteiger partial charge on any atom is 0.234 e. The molecule has 3 aromatic carbocycles. The topological polar surface area (TPSA) is 69.0 Å². The summed E-state index contributed by atoms with van der Waals surface area (Å²) in [6.07, 6.45) is 0. The first kappa shape index (κ1) is 22.9. The van der Waals surface area contributed by atoms with Gasteiger partial charge in [0.1, 0.15) is 5.75 Å². The van der Waals surface area contributed by atoms with Gasteiger partial charge in [-0.15, -0.1) is 10.2 Å². The highest BCUT2D eigenvalue weighted by Crippen LogP contribution is 2.30. The fourth-order valence-corrected chi connectivity index (χ4v) is 4.28. The molecule has 33 heavy (non-hydrogen) atoms. The molecule has 4 aromatic rings. The zero-order valence-corrected chi connectivity index (χ0v) is 20.1. The molecule has 6 nitrogen and oxygen atoms in total. The molecule has 1 aromatic heterocycles. The molecule has 0 bridgehead atoms. The van der Waals surface area contributed by atoms with Crippen molar-refractivity contribution in [3.05, 3.63) is 82.9 Å². The lowest BCUT2D eigenvalue weighted by atomic mass is 10.1. The van der Waals surface area contributed by atoms with Crippen molar-refractivity contribution in [2.24, 2.45) is 0 Å². The van der Waals surface area contributed by atoms with Crippen LogP contribution in [-0.4, -0.2) is 33.5 Å². The number of methoxy groups -OCH3 is 1. The monoisotopic (exact) mass is 478 g/mol. The van der Waals surface area contributed by atoms with Crippen molar-refractivity contribution in [1.29, 1.82) is 0 Å². The molecule has 0 unspecified atom stereocenters. The second kappa shape index (κ2) is 10.1. The number of amides is 1. The van der Waals surface area contributed by atoms with E-state index in [1.54, 1.807) is 13.2 Å². The fraction of sp³-hybridized carbons (Fsp3) is 0.160. The lowest BCUT2D eigenvalue weighted by Crippen LogP contribution is -2.15. The van der Waals surface area contributed by atoms with E-state index in [9.17, 15) is 4.79 Å². The second-order valence-electron chi connectivity index (χ2n) is 7.46. The first-order chi connectivity index (χ1) is 16.0. The highest BCUT2D eigenvalue weighted by Gasteiger charge is 2.18. The third-order valence-electron chi connectivity index (χ3n) is 5.11. The number of ether oxygens (including phenoxy) is 1. The lowest BCUT2D eigenvalue weighted by Gasteiger charge is -2.12. The van der Waals surface area contributed by atoms with Crippen LogP contribution in [0.1, 0.15) is 11.1 Å². The van der Waals surface area contributed by atoms with Gasteiger partial charge in [-0.3, -0.25) is 9.36 Å². The van der Waals surface area contributed by atoms with Gasteiger partial charge < -0.3 is 10.1 Å². The van der Waals surface area contributed by atoms with Crippen LogP contribution in [0.4, 0.5) is 5.69 Å². The maximum atomic E-state index is 12.7.